The first-order valence-corrected chi connectivity index (χ1v) is 7.68. The van der Waals surface area contributed by atoms with E-state index in [0.717, 1.165) is 11.3 Å². The first kappa shape index (κ1) is 15.2. The van der Waals surface area contributed by atoms with Crippen LogP contribution in [0, 0.1) is 0 Å². The van der Waals surface area contributed by atoms with Gasteiger partial charge in [-0.15, -0.1) is 0 Å². The van der Waals surface area contributed by atoms with E-state index in [0.29, 0.717) is 15.8 Å². The molecule has 5 nitrogen and oxygen atoms in total. The van der Waals surface area contributed by atoms with Crippen molar-refractivity contribution in [3.8, 4) is 11.5 Å². The Hall–Kier alpha value is -2.73. The standard InChI is InChI=1S/C17H14N2O3S/c1-22-14-4-2-3-11(9-14)10-15-16(21)19-17(23-15)18-12-5-7-13(20)8-6-12/h2-10,20H,1H3,(H,18,19,21)/b15-10-. The van der Waals surface area contributed by atoms with Crippen LogP contribution in [-0.4, -0.2) is 23.3 Å². The van der Waals surface area contributed by atoms with Crippen molar-refractivity contribution in [3.63, 3.8) is 0 Å². The largest absolute Gasteiger partial charge is 0.508 e. The van der Waals surface area contributed by atoms with Gasteiger partial charge in [0.2, 0.25) is 0 Å². The molecule has 1 amide bonds. The number of hydrogen-bond donors (Lipinski definition) is 2. The Labute approximate surface area is 137 Å². The molecule has 1 aliphatic rings. The number of amides is 1. The summed E-state index contributed by atoms with van der Waals surface area (Å²) in [5.41, 5.74) is 1.54. The van der Waals surface area contributed by atoms with E-state index in [1.165, 1.54) is 11.8 Å². The minimum atomic E-state index is -0.185. The number of carbonyl (C=O) groups is 1. The van der Waals surface area contributed by atoms with Crippen LogP contribution in [0.15, 0.2) is 58.4 Å². The van der Waals surface area contributed by atoms with E-state index >= 15 is 0 Å². The van der Waals surface area contributed by atoms with Crippen LogP contribution in [0.25, 0.3) is 6.08 Å². The number of phenols is 1. The summed E-state index contributed by atoms with van der Waals surface area (Å²) >= 11 is 1.27. The Morgan fingerprint density at radius 3 is 2.74 bits per heavy atom. The van der Waals surface area contributed by atoms with Crippen LogP contribution in [0.4, 0.5) is 5.69 Å². The van der Waals surface area contributed by atoms with Crippen LogP contribution < -0.4 is 10.1 Å². The van der Waals surface area contributed by atoms with Gasteiger partial charge in [0.05, 0.1) is 17.7 Å². The molecule has 1 aliphatic heterocycles. The fourth-order valence-corrected chi connectivity index (χ4v) is 2.85. The first-order chi connectivity index (χ1) is 11.1. The van der Waals surface area contributed by atoms with Crippen molar-refractivity contribution in [1.82, 2.24) is 5.32 Å². The molecule has 0 aromatic heterocycles. The molecule has 0 radical (unpaired) electrons. The number of thioether (sulfide) groups is 1. The number of rotatable bonds is 3. The third kappa shape index (κ3) is 3.73. The summed E-state index contributed by atoms with van der Waals surface area (Å²) in [7, 11) is 1.60. The van der Waals surface area contributed by atoms with Gasteiger partial charge < -0.3 is 15.2 Å². The number of nitrogens with zero attached hydrogens (tertiary/aromatic N) is 1. The molecule has 1 saturated heterocycles. The lowest BCUT2D eigenvalue weighted by molar-refractivity contribution is -0.115. The summed E-state index contributed by atoms with van der Waals surface area (Å²) < 4.78 is 5.18. The molecule has 3 rings (SSSR count). The quantitative estimate of drug-likeness (QED) is 0.849. The summed E-state index contributed by atoms with van der Waals surface area (Å²) in [4.78, 5) is 16.9. The molecule has 2 aromatic carbocycles. The van der Waals surface area contributed by atoms with E-state index in [9.17, 15) is 9.90 Å². The lowest BCUT2D eigenvalue weighted by Gasteiger charge is -2.00. The lowest BCUT2D eigenvalue weighted by Crippen LogP contribution is -2.19. The third-order valence-electron chi connectivity index (χ3n) is 3.12. The van der Waals surface area contributed by atoms with Crippen LogP contribution >= 0.6 is 11.8 Å². The molecular weight excluding hydrogens is 312 g/mol. The average Bonchev–Trinajstić information content (AvgIpc) is 2.89. The minimum absolute atomic E-state index is 0.177. The number of aromatic hydroxyl groups is 1. The molecule has 0 bridgehead atoms. The molecule has 116 valence electrons. The Bertz CT molecular complexity index is 798. The highest BCUT2D eigenvalue weighted by atomic mass is 32.2. The van der Waals surface area contributed by atoms with Gasteiger partial charge in [-0.3, -0.25) is 4.79 Å². The van der Waals surface area contributed by atoms with Gasteiger partial charge in [0.15, 0.2) is 5.17 Å². The minimum Gasteiger partial charge on any atom is -0.508 e. The topological polar surface area (TPSA) is 70.9 Å². The van der Waals surface area contributed by atoms with E-state index in [4.69, 9.17) is 4.74 Å². The van der Waals surface area contributed by atoms with Gasteiger partial charge in [0.1, 0.15) is 11.5 Å². The number of phenolic OH excluding ortho intramolecular Hbond substituents is 1. The molecular formula is C17H14N2O3S. The first-order valence-electron chi connectivity index (χ1n) is 6.87. The van der Waals surface area contributed by atoms with Gasteiger partial charge in [0, 0.05) is 0 Å². The van der Waals surface area contributed by atoms with Gasteiger partial charge >= 0.3 is 0 Å². The van der Waals surface area contributed by atoms with Crippen LogP contribution in [-0.2, 0) is 4.79 Å². The SMILES string of the molecule is COc1cccc(/C=C2\SC(=Nc3ccc(O)cc3)NC2=O)c1. The fraction of sp³-hybridized carbons (Fsp3) is 0.0588. The van der Waals surface area contributed by atoms with Crippen LogP contribution in [0.3, 0.4) is 0 Å². The Kier molecular flexibility index (Phi) is 4.34. The Balaban J connectivity index is 1.81. The van der Waals surface area contributed by atoms with E-state index < -0.39 is 0 Å². The highest BCUT2D eigenvalue weighted by Crippen LogP contribution is 2.29. The van der Waals surface area contributed by atoms with Gasteiger partial charge in [0.25, 0.3) is 5.91 Å². The summed E-state index contributed by atoms with van der Waals surface area (Å²) in [5, 5.41) is 12.5. The van der Waals surface area contributed by atoms with Crippen LogP contribution in [0.1, 0.15) is 5.56 Å². The predicted octanol–water partition coefficient (Wildman–Crippen LogP) is 3.29. The number of carbonyl (C=O) groups excluding carboxylic acids is 1. The van der Waals surface area contributed by atoms with Crippen LogP contribution in [0.5, 0.6) is 11.5 Å². The number of ether oxygens (including phenoxy) is 1. The molecule has 0 saturated carbocycles. The summed E-state index contributed by atoms with van der Waals surface area (Å²) in [5.74, 6) is 0.728. The van der Waals surface area contributed by atoms with Crippen molar-refractivity contribution in [2.45, 2.75) is 0 Å². The van der Waals surface area contributed by atoms with Gasteiger partial charge in [-0.2, -0.15) is 0 Å². The van der Waals surface area contributed by atoms with E-state index in [-0.39, 0.29) is 11.7 Å². The van der Waals surface area contributed by atoms with Crippen molar-refractivity contribution < 1.29 is 14.6 Å². The highest BCUT2D eigenvalue weighted by molar-refractivity contribution is 8.18. The zero-order valence-electron chi connectivity index (χ0n) is 12.3. The van der Waals surface area contributed by atoms with Gasteiger partial charge in [-0.1, -0.05) is 12.1 Å². The molecule has 6 heteroatoms. The maximum Gasteiger partial charge on any atom is 0.264 e. The fourth-order valence-electron chi connectivity index (χ4n) is 2.01. The molecule has 2 aromatic rings. The smallest absolute Gasteiger partial charge is 0.264 e. The van der Waals surface area contributed by atoms with Crippen molar-refractivity contribution in [2.24, 2.45) is 4.99 Å². The number of amidine groups is 1. The molecule has 2 N–H and O–H groups in total. The van der Waals surface area contributed by atoms with E-state index in [1.54, 1.807) is 37.5 Å². The highest BCUT2D eigenvalue weighted by Gasteiger charge is 2.23. The molecule has 0 atom stereocenters. The van der Waals surface area contributed by atoms with Crippen molar-refractivity contribution in [1.29, 1.82) is 0 Å². The molecule has 0 aliphatic carbocycles. The van der Waals surface area contributed by atoms with E-state index in [1.807, 2.05) is 24.3 Å². The number of nitrogens with one attached hydrogen (secondary N) is 1. The average molecular weight is 326 g/mol. The lowest BCUT2D eigenvalue weighted by atomic mass is 10.2. The van der Waals surface area contributed by atoms with Crippen molar-refractivity contribution >= 4 is 34.6 Å². The van der Waals surface area contributed by atoms with Crippen LogP contribution in [0.2, 0.25) is 0 Å². The summed E-state index contributed by atoms with van der Waals surface area (Å²) in [6.45, 7) is 0. The molecule has 1 fully saturated rings. The second kappa shape index (κ2) is 6.58. The van der Waals surface area contributed by atoms with E-state index in [2.05, 4.69) is 10.3 Å². The summed E-state index contributed by atoms with van der Waals surface area (Å²) in [6, 6.07) is 13.9. The maximum atomic E-state index is 12.0. The monoisotopic (exact) mass is 326 g/mol. The van der Waals surface area contributed by atoms with Crippen molar-refractivity contribution in [2.75, 3.05) is 7.11 Å². The number of benzene rings is 2. The maximum absolute atomic E-state index is 12.0. The number of hydrogen-bond acceptors (Lipinski definition) is 5. The zero-order chi connectivity index (χ0) is 16.2. The molecule has 1 heterocycles. The second-order valence-corrected chi connectivity index (χ2v) is 5.81. The third-order valence-corrected chi connectivity index (χ3v) is 4.03. The Morgan fingerprint density at radius 1 is 1.22 bits per heavy atom. The second-order valence-electron chi connectivity index (χ2n) is 4.77. The predicted molar refractivity (Wildman–Crippen MR) is 91.9 cm³/mol. The van der Waals surface area contributed by atoms with Crippen molar-refractivity contribution in [3.05, 3.63) is 59.0 Å². The Morgan fingerprint density at radius 2 is 2.00 bits per heavy atom. The molecule has 0 unspecified atom stereocenters. The zero-order valence-corrected chi connectivity index (χ0v) is 13.1. The molecule has 23 heavy (non-hydrogen) atoms. The summed E-state index contributed by atoms with van der Waals surface area (Å²) in [6.07, 6.45) is 1.79. The van der Waals surface area contributed by atoms with Gasteiger partial charge in [-0.05, 0) is 59.8 Å². The normalized spacial score (nSPS) is 17.5. The van der Waals surface area contributed by atoms with Gasteiger partial charge in [-0.25, -0.2) is 4.99 Å². The molecule has 0 spiro atoms. The number of aliphatic imine (C=N–C) groups is 1. The number of methoxy groups -OCH3 is 1.